The van der Waals surface area contributed by atoms with E-state index >= 15 is 0 Å². The van der Waals surface area contributed by atoms with Crippen molar-refractivity contribution in [2.45, 2.75) is 31.9 Å². The summed E-state index contributed by atoms with van der Waals surface area (Å²) in [6, 6.07) is 4.11. The number of aliphatic hydroxyl groups excluding tert-OH is 1. The highest BCUT2D eigenvalue weighted by Gasteiger charge is 2.29. The van der Waals surface area contributed by atoms with E-state index in [2.05, 4.69) is 17.1 Å². The number of nitrogens with one attached hydrogen (secondary N) is 1. The van der Waals surface area contributed by atoms with Gasteiger partial charge in [0, 0.05) is 17.5 Å². The molecule has 1 fully saturated rings. The van der Waals surface area contributed by atoms with E-state index in [-0.39, 0.29) is 12.5 Å². The SMILES string of the molecule is CCN(CC(=O)NCC(O)c1ccc(Cl)s1)C1CC1. The van der Waals surface area contributed by atoms with Gasteiger partial charge in [-0.05, 0) is 31.5 Å². The van der Waals surface area contributed by atoms with Gasteiger partial charge < -0.3 is 10.4 Å². The first-order valence-electron chi connectivity index (χ1n) is 6.54. The van der Waals surface area contributed by atoms with Crippen molar-refractivity contribution in [1.82, 2.24) is 10.2 Å². The molecule has 0 aliphatic heterocycles. The summed E-state index contributed by atoms with van der Waals surface area (Å²) < 4.78 is 0.645. The van der Waals surface area contributed by atoms with Crippen LogP contribution in [0.5, 0.6) is 0 Å². The van der Waals surface area contributed by atoms with Gasteiger partial charge in [0.15, 0.2) is 0 Å². The van der Waals surface area contributed by atoms with Crippen LogP contribution in [0.2, 0.25) is 4.34 Å². The number of hydrogen-bond acceptors (Lipinski definition) is 4. The van der Waals surface area contributed by atoms with Crippen LogP contribution in [0.25, 0.3) is 0 Å². The number of carbonyl (C=O) groups is 1. The van der Waals surface area contributed by atoms with Crippen LogP contribution < -0.4 is 5.32 Å². The molecule has 2 rings (SSSR count). The Bertz CT molecular complexity index is 434. The summed E-state index contributed by atoms with van der Waals surface area (Å²) in [6.07, 6.45) is 1.70. The van der Waals surface area contributed by atoms with Crippen molar-refractivity contribution in [2.24, 2.45) is 0 Å². The number of aliphatic hydroxyl groups is 1. The van der Waals surface area contributed by atoms with Crippen molar-refractivity contribution < 1.29 is 9.90 Å². The minimum absolute atomic E-state index is 0.0320. The van der Waals surface area contributed by atoms with Crippen molar-refractivity contribution in [3.63, 3.8) is 0 Å². The van der Waals surface area contributed by atoms with Crippen molar-refractivity contribution in [3.05, 3.63) is 21.3 Å². The molecule has 1 aromatic heterocycles. The summed E-state index contributed by atoms with van der Waals surface area (Å²) in [4.78, 5) is 14.7. The third kappa shape index (κ3) is 4.45. The van der Waals surface area contributed by atoms with E-state index < -0.39 is 6.10 Å². The number of thiophene rings is 1. The lowest BCUT2D eigenvalue weighted by Gasteiger charge is -2.19. The summed E-state index contributed by atoms with van der Waals surface area (Å²) in [7, 11) is 0. The fraction of sp³-hybridized carbons (Fsp3) is 0.615. The average Bonchev–Trinajstić information content (AvgIpc) is 3.15. The van der Waals surface area contributed by atoms with E-state index in [9.17, 15) is 9.90 Å². The predicted octanol–water partition coefficient (Wildman–Crippen LogP) is 2.04. The monoisotopic (exact) mass is 302 g/mol. The Morgan fingerprint density at radius 1 is 1.63 bits per heavy atom. The third-order valence-electron chi connectivity index (χ3n) is 3.23. The van der Waals surface area contributed by atoms with E-state index in [1.54, 1.807) is 12.1 Å². The maximum absolute atomic E-state index is 11.8. The Labute approximate surface area is 122 Å². The van der Waals surface area contributed by atoms with E-state index in [1.165, 1.54) is 24.2 Å². The van der Waals surface area contributed by atoms with Gasteiger partial charge in [-0.25, -0.2) is 0 Å². The van der Waals surface area contributed by atoms with Gasteiger partial charge >= 0.3 is 0 Å². The van der Waals surface area contributed by atoms with Crippen molar-refractivity contribution in [2.75, 3.05) is 19.6 Å². The van der Waals surface area contributed by atoms with Crippen LogP contribution in [0.3, 0.4) is 0 Å². The predicted molar refractivity (Wildman–Crippen MR) is 77.6 cm³/mol. The molecule has 1 saturated carbocycles. The number of nitrogens with zero attached hydrogens (tertiary/aromatic N) is 1. The minimum atomic E-state index is -0.683. The Kier molecular flexibility index (Phi) is 5.21. The summed E-state index contributed by atoms with van der Waals surface area (Å²) in [5.41, 5.74) is 0. The molecule has 1 unspecified atom stereocenters. The zero-order chi connectivity index (χ0) is 13.8. The smallest absolute Gasteiger partial charge is 0.234 e. The van der Waals surface area contributed by atoms with E-state index in [1.807, 2.05) is 0 Å². The maximum Gasteiger partial charge on any atom is 0.234 e. The molecule has 1 heterocycles. The highest BCUT2D eigenvalue weighted by atomic mass is 35.5. The molecule has 1 aliphatic rings. The number of amides is 1. The average molecular weight is 303 g/mol. The molecule has 1 aromatic rings. The molecule has 4 nitrogen and oxygen atoms in total. The van der Waals surface area contributed by atoms with E-state index in [4.69, 9.17) is 11.6 Å². The molecule has 0 spiro atoms. The van der Waals surface area contributed by atoms with Gasteiger partial charge in [-0.1, -0.05) is 18.5 Å². The van der Waals surface area contributed by atoms with Gasteiger partial charge in [-0.3, -0.25) is 9.69 Å². The van der Waals surface area contributed by atoms with Gasteiger partial charge in [-0.2, -0.15) is 0 Å². The molecule has 106 valence electrons. The van der Waals surface area contributed by atoms with Crippen LogP contribution in [0, 0.1) is 0 Å². The van der Waals surface area contributed by atoms with Crippen molar-refractivity contribution in [1.29, 1.82) is 0 Å². The minimum Gasteiger partial charge on any atom is -0.386 e. The molecule has 1 aliphatic carbocycles. The fourth-order valence-electron chi connectivity index (χ4n) is 2.00. The molecule has 1 atom stereocenters. The molecule has 1 amide bonds. The Morgan fingerprint density at radius 2 is 2.37 bits per heavy atom. The second kappa shape index (κ2) is 6.70. The summed E-state index contributed by atoms with van der Waals surface area (Å²) >= 11 is 7.14. The van der Waals surface area contributed by atoms with Crippen LogP contribution in [0.1, 0.15) is 30.7 Å². The highest BCUT2D eigenvalue weighted by Crippen LogP contribution is 2.27. The lowest BCUT2D eigenvalue weighted by molar-refractivity contribution is -0.122. The van der Waals surface area contributed by atoms with Crippen LogP contribution >= 0.6 is 22.9 Å². The normalized spacial score (nSPS) is 16.6. The van der Waals surface area contributed by atoms with Crippen LogP contribution in [-0.2, 0) is 4.79 Å². The quantitative estimate of drug-likeness (QED) is 0.810. The fourth-order valence-corrected chi connectivity index (χ4v) is 3.04. The highest BCUT2D eigenvalue weighted by molar-refractivity contribution is 7.16. The van der Waals surface area contributed by atoms with Crippen molar-refractivity contribution in [3.8, 4) is 0 Å². The lowest BCUT2D eigenvalue weighted by atomic mass is 10.3. The summed E-state index contributed by atoms with van der Waals surface area (Å²) in [6.45, 7) is 3.60. The summed E-state index contributed by atoms with van der Waals surface area (Å²) in [5.74, 6) is -0.0320. The summed E-state index contributed by atoms with van der Waals surface area (Å²) in [5, 5.41) is 12.7. The Hall–Kier alpha value is -0.620. The van der Waals surface area contributed by atoms with E-state index in [0.29, 0.717) is 16.9 Å². The second-order valence-corrected chi connectivity index (χ2v) is 6.50. The van der Waals surface area contributed by atoms with Gasteiger partial charge in [-0.15, -0.1) is 11.3 Å². The molecule has 0 radical (unpaired) electrons. The first kappa shape index (κ1) is 14.8. The molecule has 0 saturated heterocycles. The first-order valence-corrected chi connectivity index (χ1v) is 7.73. The number of halogens is 1. The topological polar surface area (TPSA) is 52.6 Å². The Balaban J connectivity index is 1.73. The molecule has 2 N–H and O–H groups in total. The van der Waals surface area contributed by atoms with Gasteiger partial charge in [0.05, 0.1) is 10.9 Å². The molecule has 19 heavy (non-hydrogen) atoms. The van der Waals surface area contributed by atoms with Gasteiger partial charge in [0.2, 0.25) is 5.91 Å². The number of carbonyl (C=O) groups excluding carboxylic acids is 1. The maximum atomic E-state index is 11.8. The molecule has 0 aromatic carbocycles. The number of likely N-dealkylation sites (N-methyl/N-ethyl adjacent to an activating group) is 1. The van der Waals surface area contributed by atoms with Gasteiger partial charge in [0.1, 0.15) is 6.10 Å². The van der Waals surface area contributed by atoms with Crippen LogP contribution in [-0.4, -0.2) is 41.6 Å². The first-order chi connectivity index (χ1) is 9.10. The largest absolute Gasteiger partial charge is 0.386 e. The molecule has 6 heteroatoms. The second-order valence-electron chi connectivity index (χ2n) is 4.76. The third-order valence-corrected chi connectivity index (χ3v) is 4.56. The molecular weight excluding hydrogens is 284 g/mol. The van der Waals surface area contributed by atoms with Crippen LogP contribution in [0.4, 0.5) is 0 Å². The Morgan fingerprint density at radius 3 is 2.89 bits per heavy atom. The zero-order valence-electron chi connectivity index (χ0n) is 10.9. The number of rotatable bonds is 7. The zero-order valence-corrected chi connectivity index (χ0v) is 12.5. The standard InChI is InChI=1S/C13H19ClN2O2S/c1-2-16(9-3-4-9)8-13(18)15-7-10(17)11-5-6-12(14)19-11/h5-6,9-10,17H,2-4,7-8H2,1H3,(H,15,18). The molecular formula is C13H19ClN2O2S. The van der Waals surface area contributed by atoms with E-state index in [0.717, 1.165) is 11.4 Å². The number of hydrogen-bond donors (Lipinski definition) is 2. The van der Waals surface area contributed by atoms with Gasteiger partial charge in [0.25, 0.3) is 0 Å². The lowest BCUT2D eigenvalue weighted by Crippen LogP contribution is -2.39. The van der Waals surface area contributed by atoms with Crippen molar-refractivity contribution >= 4 is 28.8 Å². The van der Waals surface area contributed by atoms with Crippen LogP contribution in [0.15, 0.2) is 12.1 Å². The molecule has 0 bridgehead atoms.